The van der Waals surface area contributed by atoms with Gasteiger partial charge in [0.2, 0.25) is 0 Å². The molecule has 21 heavy (non-hydrogen) atoms. The van der Waals surface area contributed by atoms with Crippen LogP contribution in [0.2, 0.25) is 0 Å². The summed E-state index contributed by atoms with van der Waals surface area (Å²) >= 11 is 0. The highest BCUT2D eigenvalue weighted by Crippen LogP contribution is 2.29. The molecule has 0 bridgehead atoms. The lowest BCUT2D eigenvalue weighted by Gasteiger charge is -2.17. The van der Waals surface area contributed by atoms with Crippen molar-refractivity contribution in [2.24, 2.45) is 12.8 Å². The van der Waals surface area contributed by atoms with E-state index in [1.54, 1.807) is 10.9 Å². The molecule has 3 N–H and O–H groups in total. The highest BCUT2D eigenvalue weighted by Gasteiger charge is 2.31. The molecular weight excluding hydrogens is 264 g/mol. The monoisotopic (exact) mass is 284 g/mol. The van der Waals surface area contributed by atoms with Gasteiger partial charge in [0.25, 0.3) is 5.91 Å². The number of nitrogens with one attached hydrogen (secondary N) is 1. The van der Waals surface area contributed by atoms with Crippen LogP contribution in [0.1, 0.15) is 40.1 Å². The molecule has 110 valence electrons. The van der Waals surface area contributed by atoms with Crippen molar-refractivity contribution in [3.05, 3.63) is 52.8 Å². The predicted octanol–water partition coefficient (Wildman–Crippen LogP) is 1.34. The van der Waals surface area contributed by atoms with E-state index in [4.69, 9.17) is 5.73 Å². The summed E-state index contributed by atoms with van der Waals surface area (Å²) < 4.78 is 1.68. The summed E-state index contributed by atoms with van der Waals surface area (Å²) in [6.45, 7) is 2.00. The Labute approximate surface area is 124 Å². The molecule has 5 nitrogen and oxygen atoms in total. The fraction of sp³-hybridized carbons (Fsp3) is 0.375. The van der Waals surface area contributed by atoms with Gasteiger partial charge in [-0.25, -0.2) is 0 Å². The fourth-order valence-electron chi connectivity index (χ4n) is 3.00. The molecular formula is C16H20N4O. The zero-order valence-electron chi connectivity index (χ0n) is 12.3. The molecule has 0 aliphatic heterocycles. The Hall–Kier alpha value is -2.14. The minimum Gasteiger partial charge on any atom is -0.347 e. The van der Waals surface area contributed by atoms with Crippen molar-refractivity contribution < 1.29 is 4.79 Å². The van der Waals surface area contributed by atoms with E-state index in [0.717, 1.165) is 24.1 Å². The maximum absolute atomic E-state index is 12.5. The highest BCUT2D eigenvalue weighted by atomic mass is 16.1. The number of amides is 1. The molecule has 0 radical (unpaired) electrons. The first-order chi connectivity index (χ1) is 10.1. The van der Waals surface area contributed by atoms with Crippen molar-refractivity contribution in [1.29, 1.82) is 0 Å². The van der Waals surface area contributed by atoms with Crippen molar-refractivity contribution in [2.45, 2.75) is 31.8 Å². The van der Waals surface area contributed by atoms with Crippen LogP contribution in [0.5, 0.6) is 0 Å². The lowest BCUT2D eigenvalue weighted by molar-refractivity contribution is 0.0932. The SMILES string of the molecule is CCc1nn(C)cc1C(=O)N[C@@H]1Cc2ccccc2[C@H]1N. The van der Waals surface area contributed by atoms with E-state index >= 15 is 0 Å². The van der Waals surface area contributed by atoms with Gasteiger partial charge in [0.05, 0.1) is 23.3 Å². The van der Waals surface area contributed by atoms with Crippen LogP contribution >= 0.6 is 0 Å². The molecule has 3 rings (SSSR count). The Morgan fingerprint density at radius 3 is 2.95 bits per heavy atom. The minimum absolute atomic E-state index is 0.0557. The molecule has 1 aromatic carbocycles. The molecule has 2 aromatic rings. The van der Waals surface area contributed by atoms with Crippen molar-refractivity contribution in [1.82, 2.24) is 15.1 Å². The van der Waals surface area contributed by atoms with Crippen molar-refractivity contribution >= 4 is 5.91 Å². The molecule has 5 heteroatoms. The van der Waals surface area contributed by atoms with Crippen molar-refractivity contribution in [3.63, 3.8) is 0 Å². The van der Waals surface area contributed by atoms with Gasteiger partial charge >= 0.3 is 0 Å². The first-order valence-electron chi connectivity index (χ1n) is 7.27. The summed E-state index contributed by atoms with van der Waals surface area (Å²) in [5.41, 5.74) is 10.1. The molecule has 1 heterocycles. The number of benzene rings is 1. The van der Waals surface area contributed by atoms with Gasteiger partial charge in [0.15, 0.2) is 0 Å². The average Bonchev–Trinajstić information content (AvgIpc) is 3.01. The largest absolute Gasteiger partial charge is 0.347 e. The zero-order chi connectivity index (χ0) is 15.0. The van der Waals surface area contributed by atoms with E-state index in [1.807, 2.05) is 32.2 Å². The van der Waals surface area contributed by atoms with Crippen LogP contribution in [0, 0.1) is 0 Å². The molecule has 0 spiro atoms. The van der Waals surface area contributed by atoms with E-state index in [0.29, 0.717) is 5.56 Å². The van der Waals surface area contributed by atoms with Gasteiger partial charge in [0.1, 0.15) is 0 Å². The summed E-state index contributed by atoms with van der Waals surface area (Å²) in [7, 11) is 1.83. The van der Waals surface area contributed by atoms with Gasteiger partial charge in [-0.3, -0.25) is 9.48 Å². The van der Waals surface area contributed by atoms with Gasteiger partial charge < -0.3 is 11.1 Å². The highest BCUT2D eigenvalue weighted by molar-refractivity contribution is 5.95. The first kappa shape index (κ1) is 13.8. The number of aromatic nitrogens is 2. The maximum Gasteiger partial charge on any atom is 0.255 e. The minimum atomic E-state index is -0.146. The Kier molecular flexibility index (Phi) is 3.51. The van der Waals surface area contributed by atoms with E-state index in [-0.39, 0.29) is 18.0 Å². The number of carbonyl (C=O) groups is 1. The van der Waals surface area contributed by atoms with E-state index < -0.39 is 0 Å². The van der Waals surface area contributed by atoms with Gasteiger partial charge in [-0.1, -0.05) is 31.2 Å². The predicted molar refractivity (Wildman–Crippen MR) is 80.9 cm³/mol. The normalized spacial score (nSPS) is 20.3. The number of carbonyl (C=O) groups excluding carboxylic acids is 1. The Morgan fingerprint density at radius 1 is 1.48 bits per heavy atom. The third-order valence-electron chi connectivity index (χ3n) is 4.09. The van der Waals surface area contributed by atoms with E-state index in [2.05, 4.69) is 16.5 Å². The third-order valence-corrected chi connectivity index (χ3v) is 4.09. The molecule has 0 unspecified atom stereocenters. The van der Waals surface area contributed by atoms with Crippen LogP contribution in [0.4, 0.5) is 0 Å². The summed E-state index contributed by atoms with van der Waals surface area (Å²) in [4.78, 5) is 12.5. The number of nitrogens with two attached hydrogens (primary N) is 1. The molecule has 1 aromatic heterocycles. The van der Waals surface area contributed by atoms with Gasteiger partial charge in [-0.05, 0) is 24.0 Å². The zero-order valence-corrected chi connectivity index (χ0v) is 12.3. The standard InChI is InChI=1S/C16H20N4O/c1-3-13-12(9-20(2)19-13)16(21)18-14-8-10-6-4-5-7-11(10)15(14)17/h4-7,9,14-15H,3,8,17H2,1-2H3,(H,18,21)/t14-,15-/m1/s1. The summed E-state index contributed by atoms with van der Waals surface area (Å²) in [6.07, 6.45) is 3.28. The van der Waals surface area contributed by atoms with Crippen LogP contribution in [-0.4, -0.2) is 21.7 Å². The fourth-order valence-corrected chi connectivity index (χ4v) is 3.00. The Balaban J connectivity index is 1.77. The van der Waals surface area contributed by atoms with Crippen LogP contribution in [-0.2, 0) is 19.9 Å². The number of rotatable bonds is 3. The Bertz CT molecular complexity index is 677. The number of aryl methyl sites for hydroxylation is 2. The smallest absolute Gasteiger partial charge is 0.255 e. The third kappa shape index (κ3) is 2.45. The lowest BCUT2D eigenvalue weighted by atomic mass is 10.1. The molecule has 1 aliphatic rings. The van der Waals surface area contributed by atoms with Gasteiger partial charge in [0, 0.05) is 13.2 Å². The molecule has 0 saturated carbocycles. The number of fused-ring (bicyclic) bond motifs is 1. The number of nitrogens with zero attached hydrogens (tertiary/aromatic N) is 2. The maximum atomic E-state index is 12.5. The second-order valence-corrected chi connectivity index (χ2v) is 5.53. The van der Waals surface area contributed by atoms with Crippen LogP contribution < -0.4 is 11.1 Å². The molecule has 1 aliphatic carbocycles. The Morgan fingerprint density at radius 2 is 2.24 bits per heavy atom. The van der Waals surface area contributed by atoms with Crippen molar-refractivity contribution in [3.8, 4) is 0 Å². The first-order valence-corrected chi connectivity index (χ1v) is 7.27. The molecule has 0 saturated heterocycles. The van der Waals surface area contributed by atoms with E-state index in [1.165, 1.54) is 5.56 Å². The second-order valence-electron chi connectivity index (χ2n) is 5.53. The molecule has 2 atom stereocenters. The van der Waals surface area contributed by atoms with E-state index in [9.17, 15) is 4.79 Å². The summed E-state index contributed by atoms with van der Waals surface area (Å²) in [5.74, 6) is -0.0896. The lowest BCUT2D eigenvalue weighted by Crippen LogP contribution is -2.40. The van der Waals surface area contributed by atoms with Gasteiger partial charge in [-0.2, -0.15) is 5.10 Å². The van der Waals surface area contributed by atoms with Crippen LogP contribution in [0.3, 0.4) is 0 Å². The number of hydrogen-bond acceptors (Lipinski definition) is 3. The quantitative estimate of drug-likeness (QED) is 0.893. The van der Waals surface area contributed by atoms with Crippen molar-refractivity contribution in [2.75, 3.05) is 0 Å². The van der Waals surface area contributed by atoms with Gasteiger partial charge in [-0.15, -0.1) is 0 Å². The topological polar surface area (TPSA) is 72.9 Å². The summed E-state index contributed by atoms with van der Waals surface area (Å²) in [5, 5.41) is 7.37. The second kappa shape index (κ2) is 5.33. The van der Waals surface area contributed by atoms with Crippen LogP contribution in [0.25, 0.3) is 0 Å². The summed E-state index contributed by atoms with van der Waals surface area (Å²) in [6, 6.07) is 7.90. The van der Waals surface area contributed by atoms with Crippen LogP contribution in [0.15, 0.2) is 30.5 Å². The average molecular weight is 284 g/mol. The number of hydrogen-bond donors (Lipinski definition) is 2. The molecule has 1 amide bonds. The molecule has 0 fully saturated rings.